The molecule has 0 unspecified atom stereocenters. The lowest BCUT2D eigenvalue weighted by Gasteiger charge is -2.06. The van der Waals surface area contributed by atoms with E-state index in [9.17, 15) is 4.79 Å². The van der Waals surface area contributed by atoms with Gasteiger partial charge < -0.3 is 5.32 Å². The number of hydrogen-bond donors (Lipinski definition) is 1. The van der Waals surface area contributed by atoms with Gasteiger partial charge in [0.05, 0.1) is 0 Å². The molecule has 0 aliphatic carbocycles. The molecule has 0 saturated heterocycles. The molecule has 0 atom stereocenters. The van der Waals surface area contributed by atoms with Crippen molar-refractivity contribution in [3.05, 3.63) is 42.0 Å². The Kier molecular flexibility index (Phi) is 16.8. The Bertz CT molecular complexity index is 503. The first-order valence-electron chi connectivity index (χ1n) is 9.92. The summed E-state index contributed by atoms with van der Waals surface area (Å²) in [5.41, 5.74) is 1.49. The van der Waals surface area contributed by atoms with Crippen molar-refractivity contribution in [3.8, 4) is 0 Å². The fourth-order valence-electron chi connectivity index (χ4n) is 2.84. The van der Waals surface area contributed by atoms with Gasteiger partial charge in [-0.15, -0.1) is 12.4 Å². The quantitative estimate of drug-likeness (QED) is 0.185. The van der Waals surface area contributed by atoms with Crippen LogP contribution in [0.15, 0.2) is 36.4 Å². The van der Waals surface area contributed by atoms with Gasteiger partial charge in [0.25, 0.3) is 5.24 Å². The van der Waals surface area contributed by atoms with E-state index in [1.54, 1.807) is 12.1 Å². The minimum atomic E-state index is -0.410. The van der Waals surface area contributed by atoms with Gasteiger partial charge in [-0.1, -0.05) is 70.1 Å². The predicted octanol–water partition coefficient (Wildman–Crippen LogP) is 7.77. The second-order valence-corrected chi connectivity index (χ2v) is 7.00. The summed E-state index contributed by atoms with van der Waals surface area (Å²) >= 11 is 5.49. The lowest BCUT2D eigenvalue weighted by Crippen LogP contribution is -2.01. The van der Waals surface area contributed by atoms with E-state index in [1.807, 2.05) is 12.1 Å². The molecule has 26 heavy (non-hydrogen) atoms. The van der Waals surface area contributed by atoms with Gasteiger partial charge in [-0.3, -0.25) is 4.79 Å². The summed E-state index contributed by atoms with van der Waals surface area (Å²) in [5.74, 6) is 0. The maximum absolute atomic E-state index is 11.1. The van der Waals surface area contributed by atoms with Crippen molar-refractivity contribution in [1.82, 2.24) is 0 Å². The minimum Gasteiger partial charge on any atom is -0.385 e. The van der Waals surface area contributed by atoms with Crippen molar-refractivity contribution in [2.75, 3.05) is 11.9 Å². The van der Waals surface area contributed by atoms with Crippen LogP contribution in [0.25, 0.3) is 0 Å². The van der Waals surface area contributed by atoms with Gasteiger partial charge in [-0.25, -0.2) is 0 Å². The Hall–Kier alpha value is -0.990. The Morgan fingerprint density at radius 1 is 0.962 bits per heavy atom. The van der Waals surface area contributed by atoms with Crippen molar-refractivity contribution in [1.29, 1.82) is 0 Å². The molecule has 148 valence electrons. The molecule has 1 aromatic rings. The molecule has 2 nitrogen and oxygen atoms in total. The van der Waals surface area contributed by atoms with E-state index in [4.69, 9.17) is 11.6 Å². The zero-order valence-electron chi connectivity index (χ0n) is 16.1. The number of halogens is 2. The molecule has 0 saturated carbocycles. The number of anilines is 1. The number of hydrogen-bond acceptors (Lipinski definition) is 2. The number of nitrogens with one attached hydrogen (secondary N) is 1. The van der Waals surface area contributed by atoms with Gasteiger partial charge in [0, 0.05) is 17.8 Å². The molecule has 0 aliphatic heterocycles. The highest BCUT2D eigenvalue weighted by Gasteiger charge is 2.01. The van der Waals surface area contributed by atoms with E-state index in [0.717, 1.165) is 25.1 Å². The highest BCUT2D eigenvalue weighted by Crippen LogP contribution is 2.13. The molecule has 0 amide bonds. The topological polar surface area (TPSA) is 29.1 Å². The summed E-state index contributed by atoms with van der Waals surface area (Å²) in [5, 5.41) is 2.93. The number of allylic oxidation sites excluding steroid dienone is 2. The summed E-state index contributed by atoms with van der Waals surface area (Å²) in [7, 11) is 0. The van der Waals surface area contributed by atoms with Crippen LogP contribution in [0.5, 0.6) is 0 Å². The van der Waals surface area contributed by atoms with Crippen molar-refractivity contribution in [2.24, 2.45) is 0 Å². The SMILES string of the molecule is CCCCCCCCCCC=CCCCNc1cccc(C(=O)Cl)c1.Cl. The Labute approximate surface area is 171 Å². The van der Waals surface area contributed by atoms with Crippen molar-refractivity contribution >= 4 is 34.9 Å². The van der Waals surface area contributed by atoms with Gasteiger partial charge in [0.2, 0.25) is 0 Å². The maximum Gasteiger partial charge on any atom is 0.252 e. The second-order valence-electron chi connectivity index (χ2n) is 6.66. The Morgan fingerprint density at radius 2 is 1.58 bits per heavy atom. The first-order chi connectivity index (χ1) is 12.2. The zero-order valence-corrected chi connectivity index (χ0v) is 17.7. The lowest BCUT2D eigenvalue weighted by molar-refractivity contribution is 0.108. The largest absolute Gasteiger partial charge is 0.385 e. The first kappa shape index (κ1) is 25.0. The second kappa shape index (κ2) is 17.4. The predicted molar refractivity (Wildman–Crippen MR) is 118 cm³/mol. The zero-order chi connectivity index (χ0) is 18.2. The number of unbranched alkanes of at least 4 members (excludes halogenated alkanes) is 9. The molecule has 4 heteroatoms. The molecule has 0 spiro atoms. The van der Waals surface area contributed by atoms with Crippen molar-refractivity contribution in [3.63, 3.8) is 0 Å². The van der Waals surface area contributed by atoms with Gasteiger partial charge in [-0.05, 0) is 55.5 Å². The van der Waals surface area contributed by atoms with E-state index in [2.05, 4.69) is 24.4 Å². The van der Waals surface area contributed by atoms with Crippen molar-refractivity contribution in [2.45, 2.75) is 77.6 Å². The minimum absolute atomic E-state index is 0. The molecule has 0 aromatic heterocycles. The number of carbonyl (C=O) groups excluding carboxylic acids is 1. The summed E-state index contributed by atoms with van der Waals surface area (Å²) in [4.78, 5) is 11.1. The Balaban J connectivity index is 0.00000625. The van der Waals surface area contributed by atoms with Gasteiger partial charge in [0.1, 0.15) is 0 Å². The number of rotatable bonds is 15. The third kappa shape index (κ3) is 13.2. The first-order valence-corrected chi connectivity index (χ1v) is 10.3. The van der Waals surface area contributed by atoms with E-state index in [-0.39, 0.29) is 12.4 Å². The van der Waals surface area contributed by atoms with Crippen LogP contribution in [0.2, 0.25) is 0 Å². The van der Waals surface area contributed by atoms with Crippen LogP contribution in [0.3, 0.4) is 0 Å². The smallest absolute Gasteiger partial charge is 0.252 e. The molecule has 0 bridgehead atoms. The van der Waals surface area contributed by atoms with Gasteiger partial charge in [-0.2, -0.15) is 0 Å². The molecule has 0 aliphatic rings. The van der Waals surface area contributed by atoms with E-state index in [0.29, 0.717) is 5.56 Å². The van der Waals surface area contributed by atoms with E-state index >= 15 is 0 Å². The fraction of sp³-hybridized carbons (Fsp3) is 0.591. The third-order valence-electron chi connectivity index (χ3n) is 4.36. The van der Waals surface area contributed by atoms with Gasteiger partial charge >= 0.3 is 0 Å². The molecule has 1 N–H and O–H groups in total. The van der Waals surface area contributed by atoms with Crippen LogP contribution in [0, 0.1) is 0 Å². The maximum atomic E-state index is 11.1. The summed E-state index contributed by atoms with van der Waals surface area (Å²) in [6.45, 7) is 3.17. The van der Waals surface area contributed by atoms with Crippen molar-refractivity contribution < 1.29 is 4.79 Å². The van der Waals surface area contributed by atoms with Crippen LogP contribution < -0.4 is 5.32 Å². The van der Waals surface area contributed by atoms with E-state index < -0.39 is 5.24 Å². The van der Waals surface area contributed by atoms with Crippen LogP contribution in [0.4, 0.5) is 5.69 Å². The highest BCUT2D eigenvalue weighted by atomic mass is 35.5. The van der Waals surface area contributed by atoms with Crippen LogP contribution in [0.1, 0.15) is 87.9 Å². The third-order valence-corrected chi connectivity index (χ3v) is 4.58. The molecule has 1 rings (SSSR count). The summed E-state index contributed by atoms with van der Waals surface area (Å²) < 4.78 is 0. The van der Waals surface area contributed by atoms with Gasteiger partial charge in [0.15, 0.2) is 0 Å². The normalized spacial score (nSPS) is 10.7. The Morgan fingerprint density at radius 3 is 2.23 bits per heavy atom. The highest BCUT2D eigenvalue weighted by molar-refractivity contribution is 6.67. The van der Waals surface area contributed by atoms with Crippen LogP contribution in [-0.4, -0.2) is 11.8 Å². The summed E-state index contributed by atoms with van der Waals surface area (Å²) in [6, 6.07) is 7.34. The number of benzene rings is 1. The van der Waals surface area contributed by atoms with E-state index in [1.165, 1.54) is 57.8 Å². The molecule has 0 heterocycles. The summed E-state index contributed by atoms with van der Waals surface area (Å²) in [6.07, 6.45) is 19.1. The average Bonchev–Trinajstić information content (AvgIpc) is 2.62. The molecule has 1 aromatic carbocycles. The monoisotopic (exact) mass is 399 g/mol. The molecule has 0 fully saturated rings. The lowest BCUT2D eigenvalue weighted by atomic mass is 10.1. The van der Waals surface area contributed by atoms with Crippen LogP contribution >= 0.6 is 24.0 Å². The molecular weight excluding hydrogens is 365 g/mol. The fourth-order valence-corrected chi connectivity index (χ4v) is 2.95. The van der Waals surface area contributed by atoms with Crippen LogP contribution in [-0.2, 0) is 0 Å². The number of carbonyl (C=O) groups is 1. The standard InChI is InChI=1S/C22H34ClNO.ClH/c1-2-3-4-5-6-7-8-9-10-11-12-13-14-18-24-21-17-15-16-20(19-21)22(23)25;/h11-12,15-17,19,24H,2-10,13-14,18H2,1H3;1H. The molecule has 0 radical (unpaired) electrons. The molecular formula is C22H35Cl2NO. The average molecular weight is 400 g/mol.